The van der Waals surface area contributed by atoms with Crippen LogP contribution in [0.4, 0.5) is 0 Å². The average Bonchev–Trinajstić information content (AvgIpc) is 3.09. The van der Waals surface area contributed by atoms with Crippen molar-refractivity contribution < 1.29 is 18.0 Å². The van der Waals surface area contributed by atoms with Crippen molar-refractivity contribution in [1.82, 2.24) is 0 Å². The molecule has 3 rings (SSSR count). The van der Waals surface area contributed by atoms with E-state index < -0.39 is 23.8 Å². The molecule has 2 aliphatic rings. The summed E-state index contributed by atoms with van der Waals surface area (Å²) >= 11 is 0. The topological polar surface area (TPSA) is 63.6 Å². The summed E-state index contributed by atoms with van der Waals surface area (Å²) in [4.78, 5) is 0.412. The van der Waals surface area contributed by atoms with Gasteiger partial charge in [-0.2, -0.15) is 0 Å². The summed E-state index contributed by atoms with van der Waals surface area (Å²) in [6, 6.07) is 8.80. The van der Waals surface area contributed by atoms with Crippen LogP contribution in [0.5, 0.6) is 0 Å². The van der Waals surface area contributed by atoms with Crippen LogP contribution in [0, 0.1) is 23.2 Å². The van der Waals surface area contributed by atoms with E-state index in [2.05, 4.69) is 40.8 Å². The smallest absolute Gasteiger partial charge is 0.192 e. The molecule has 4 nitrogen and oxygen atoms in total. The lowest BCUT2D eigenvalue weighted by atomic mass is 9.60. The van der Waals surface area contributed by atoms with Crippen LogP contribution < -0.4 is 0 Å². The van der Waals surface area contributed by atoms with Gasteiger partial charge in [0.2, 0.25) is 0 Å². The number of rotatable bonds is 10. The molecule has 206 valence electrons. The van der Waals surface area contributed by atoms with Crippen LogP contribution in [0.3, 0.4) is 0 Å². The first-order chi connectivity index (χ1) is 16.5. The van der Waals surface area contributed by atoms with E-state index in [1.165, 1.54) is 19.3 Å². The molecule has 0 radical (unpaired) electrons. The molecule has 36 heavy (non-hydrogen) atoms. The normalized spacial score (nSPS) is 28.6. The molecule has 5 atom stereocenters. The predicted octanol–water partition coefficient (Wildman–Crippen LogP) is 7.62. The van der Waals surface area contributed by atoms with Crippen molar-refractivity contribution in [1.29, 1.82) is 0 Å². The molecule has 0 aliphatic heterocycles. The molecule has 0 saturated heterocycles. The van der Waals surface area contributed by atoms with Crippen LogP contribution in [-0.4, -0.2) is 39.3 Å². The van der Waals surface area contributed by atoms with E-state index >= 15 is 0 Å². The van der Waals surface area contributed by atoms with Gasteiger partial charge >= 0.3 is 0 Å². The lowest BCUT2D eigenvalue weighted by molar-refractivity contribution is -0.0370. The van der Waals surface area contributed by atoms with E-state index in [4.69, 9.17) is 4.43 Å². The molecule has 2 aliphatic carbocycles. The third-order valence-corrected chi connectivity index (χ3v) is 16.1. The van der Waals surface area contributed by atoms with E-state index in [1.807, 2.05) is 19.9 Å². The van der Waals surface area contributed by atoms with Gasteiger partial charge in [-0.1, -0.05) is 52.3 Å². The largest absolute Gasteiger partial charge is 0.414 e. The Hall–Kier alpha value is -0.693. The third-order valence-electron chi connectivity index (χ3n) is 9.81. The van der Waals surface area contributed by atoms with Gasteiger partial charge in [-0.05, 0) is 112 Å². The van der Waals surface area contributed by atoms with Gasteiger partial charge in [-0.15, -0.1) is 0 Å². The molecule has 1 aromatic carbocycles. The predicted molar refractivity (Wildman–Crippen MR) is 152 cm³/mol. The Morgan fingerprint density at radius 2 is 1.72 bits per heavy atom. The van der Waals surface area contributed by atoms with Crippen molar-refractivity contribution in [2.24, 2.45) is 23.2 Å². The standard InChI is InChI=1S/C30H52O4SSi/c1-28(2,3)36(7,8)34-27-17-12-20-30(6)25(18-19-26(27)30)23(22-29(4,5)31)14-13-21-35(32,33)24-15-10-9-11-16-24/h9-11,15-16,23,25-27,31H,12-14,17-22H2,1-8H3/t23-,25+,26-,27?,30+/m0/s1. The van der Waals surface area contributed by atoms with Crippen molar-refractivity contribution >= 4 is 18.2 Å². The first-order valence-corrected chi connectivity index (χ1v) is 18.7. The minimum Gasteiger partial charge on any atom is -0.414 e. The molecule has 1 N–H and O–H groups in total. The van der Waals surface area contributed by atoms with Crippen LogP contribution in [0.15, 0.2) is 35.2 Å². The fourth-order valence-electron chi connectivity index (χ4n) is 7.00. The molecule has 0 heterocycles. The molecule has 2 fully saturated rings. The Kier molecular flexibility index (Phi) is 8.97. The van der Waals surface area contributed by atoms with Gasteiger partial charge in [0.15, 0.2) is 18.2 Å². The van der Waals surface area contributed by atoms with Gasteiger partial charge in [-0.25, -0.2) is 8.42 Å². The molecule has 6 heteroatoms. The monoisotopic (exact) mass is 536 g/mol. The molecular weight excluding hydrogens is 484 g/mol. The van der Waals surface area contributed by atoms with E-state index in [1.54, 1.807) is 24.3 Å². The van der Waals surface area contributed by atoms with Crippen LogP contribution in [0.1, 0.15) is 92.9 Å². The Morgan fingerprint density at radius 1 is 1.08 bits per heavy atom. The minimum atomic E-state index is -3.28. The molecule has 2 saturated carbocycles. The van der Waals surface area contributed by atoms with Gasteiger partial charge in [0.1, 0.15) is 0 Å². The highest BCUT2D eigenvalue weighted by Gasteiger charge is 2.55. The maximum absolute atomic E-state index is 12.9. The zero-order valence-corrected chi connectivity index (χ0v) is 26.0. The molecular formula is C30H52O4SSi. The summed E-state index contributed by atoms with van der Waals surface area (Å²) in [5.74, 6) is 1.54. The number of benzene rings is 1. The lowest BCUT2D eigenvalue weighted by Crippen LogP contribution is -2.50. The highest BCUT2D eigenvalue weighted by atomic mass is 32.2. The van der Waals surface area contributed by atoms with Crippen molar-refractivity contribution in [2.45, 2.75) is 128 Å². The Bertz CT molecular complexity index is 961. The molecule has 0 bridgehead atoms. The van der Waals surface area contributed by atoms with E-state index in [0.717, 1.165) is 25.7 Å². The van der Waals surface area contributed by atoms with Gasteiger partial charge in [0.25, 0.3) is 0 Å². The van der Waals surface area contributed by atoms with Crippen LogP contribution in [-0.2, 0) is 14.3 Å². The van der Waals surface area contributed by atoms with Gasteiger partial charge < -0.3 is 9.53 Å². The second-order valence-corrected chi connectivity index (χ2v) is 21.0. The van der Waals surface area contributed by atoms with E-state index in [-0.39, 0.29) is 16.2 Å². The average molecular weight is 537 g/mol. The summed E-state index contributed by atoms with van der Waals surface area (Å²) in [5.41, 5.74) is -0.567. The molecule has 0 amide bonds. The number of hydrogen-bond acceptors (Lipinski definition) is 4. The van der Waals surface area contributed by atoms with Crippen LogP contribution in [0.25, 0.3) is 0 Å². The molecule has 1 unspecified atom stereocenters. The number of hydrogen-bond donors (Lipinski definition) is 1. The maximum atomic E-state index is 12.9. The Balaban J connectivity index is 1.76. The summed E-state index contributed by atoms with van der Waals surface area (Å²) in [5, 5.41) is 11.0. The summed E-state index contributed by atoms with van der Waals surface area (Å²) in [6.45, 7) is 18.0. The van der Waals surface area contributed by atoms with Crippen molar-refractivity contribution in [3.05, 3.63) is 30.3 Å². The molecule has 0 spiro atoms. The van der Waals surface area contributed by atoms with E-state index in [9.17, 15) is 13.5 Å². The fraction of sp³-hybridized carbons (Fsp3) is 0.800. The number of sulfone groups is 1. The molecule has 0 aromatic heterocycles. The first-order valence-electron chi connectivity index (χ1n) is 14.1. The highest BCUT2D eigenvalue weighted by molar-refractivity contribution is 7.91. The zero-order chi connectivity index (χ0) is 27.0. The van der Waals surface area contributed by atoms with Gasteiger partial charge in [-0.3, -0.25) is 0 Å². The quantitative estimate of drug-likeness (QED) is 0.312. The third kappa shape index (κ3) is 6.84. The van der Waals surface area contributed by atoms with E-state index in [0.29, 0.717) is 35.2 Å². The molecule has 1 aromatic rings. The second-order valence-electron chi connectivity index (χ2n) is 14.2. The first kappa shape index (κ1) is 29.9. The summed E-state index contributed by atoms with van der Waals surface area (Å²) in [7, 11) is -5.14. The van der Waals surface area contributed by atoms with Crippen molar-refractivity contribution in [2.75, 3.05) is 5.75 Å². The van der Waals surface area contributed by atoms with Crippen molar-refractivity contribution in [3.63, 3.8) is 0 Å². The minimum absolute atomic E-state index is 0.170. The number of aliphatic hydroxyl groups is 1. The van der Waals surface area contributed by atoms with Gasteiger partial charge in [0, 0.05) is 6.10 Å². The second kappa shape index (κ2) is 10.8. The zero-order valence-electron chi connectivity index (χ0n) is 24.1. The van der Waals surface area contributed by atoms with Gasteiger partial charge in [0.05, 0.1) is 16.2 Å². The fourth-order valence-corrected chi connectivity index (χ4v) is 9.75. The maximum Gasteiger partial charge on any atom is 0.192 e. The van der Waals surface area contributed by atoms with Crippen LogP contribution in [0.2, 0.25) is 18.1 Å². The van der Waals surface area contributed by atoms with Crippen molar-refractivity contribution in [3.8, 4) is 0 Å². The summed E-state index contributed by atoms with van der Waals surface area (Å²) < 4.78 is 32.8. The Morgan fingerprint density at radius 3 is 2.31 bits per heavy atom. The summed E-state index contributed by atoms with van der Waals surface area (Å²) in [6.07, 6.45) is 8.44. The van der Waals surface area contributed by atoms with Crippen LogP contribution >= 0.6 is 0 Å². The highest BCUT2D eigenvalue weighted by Crippen LogP contribution is 2.60. The number of fused-ring (bicyclic) bond motifs is 1. The lowest BCUT2D eigenvalue weighted by Gasteiger charge is -2.50. The Labute approximate surface area is 222 Å². The SMILES string of the molecule is CC(C)(O)C[C@H](CCCS(=O)(=O)c1ccccc1)[C@H]1CC[C@H]2C(O[Si](C)(C)C(C)(C)C)CCC[C@]12C.